The van der Waals surface area contributed by atoms with Crippen molar-refractivity contribution in [2.75, 3.05) is 37.6 Å². The van der Waals surface area contributed by atoms with Crippen molar-refractivity contribution in [1.82, 2.24) is 14.4 Å². The maximum Gasteiger partial charge on any atom is 0.294 e. The highest BCUT2D eigenvalue weighted by molar-refractivity contribution is 8.18. The molecule has 0 saturated carbocycles. The Morgan fingerprint density at radius 2 is 1.68 bits per heavy atom. The summed E-state index contributed by atoms with van der Waals surface area (Å²) < 4.78 is 15.5. The molecule has 0 aliphatic carbocycles. The van der Waals surface area contributed by atoms with E-state index in [-0.39, 0.29) is 17.4 Å². The first kappa shape index (κ1) is 27.1. The van der Waals surface area contributed by atoms with Gasteiger partial charge in [-0.2, -0.15) is 0 Å². The lowest BCUT2D eigenvalue weighted by Crippen LogP contribution is -2.51. The van der Waals surface area contributed by atoms with E-state index in [0.29, 0.717) is 37.7 Å². The summed E-state index contributed by atoms with van der Waals surface area (Å²) in [4.78, 5) is 44.3. The molecule has 2 aliphatic heterocycles. The minimum Gasteiger partial charge on any atom is -0.368 e. The number of benzene rings is 3. The van der Waals surface area contributed by atoms with Gasteiger partial charge < -0.3 is 14.4 Å². The van der Waals surface area contributed by atoms with Crippen LogP contribution in [-0.2, 0) is 16.1 Å². The van der Waals surface area contributed by atoms with E-state index < -0.39 is 17.0 Å². The lowest BCUT2D eigenvalue weighted by atomic mass is 10.1. The average Bonchev–Trinajstić information content (AvgIpc) is 3.46. The number of anilines is 1. The zero-order chi connectivity index (χ0) is 28.5. The number of carbonyl (C=O) groups excluding carboxylic acids is 3. The van der Waals surface area contributed by atoms with E-state index in [2.05, 4.69) is 4.90 Å². The van der Waals surface area contributed by atoms with Crippen LogP contribution in [0.15, 0.2) is 83.9 Å². The molecule has 41 heavy (non-hydrogen) atoms. The normalized spacial score (nSPS) is 16.8. The van der Waals surface area contributed by atoms with Crippen LogP contribution in [0.1, 0.15) is 11.1 Å². The van der Waals surface area contributed by atoms with Gasteiger partial charge in [-0.05, 0) is 53.7 Å². The number of thioether (sulfide) groups is 1. The zero-order valence-corrected chi connectivity index (χ0v) is 23.6. The number of hydrogen-bond donors (Lipinski definition) is 0. The van der Waals surface area contributed by atoms with Crippen LogP contribution in [0.4, 0.5) is 14.9 Å². The number of rotatable bonds is 6. The lowest BCUT2D eigenvalue weighted by Gasteiger charge is -2.36. The number of aromatic nitrogens is 1. The van der Waals surface area contributed by atoms with Gasteiger partial charge in [0.05, 0.1) is 4.91 Å². The highest BCUT2D eigenvalue weighted by Gasteiger charge is 2.37. The number of fused-ring (bicyclic) bond motifs is 1. The minimum absolute atomic E-state index is 0.242. The van der Waals surface area contributed by atoms with Crippen molar-refractivity contribution in [2.24, 2.45) is 0 Å². The predicted octanol–water partition coefficient (Wildman–Crippen LogP) is 5.87. The molecule has 2 fully saturated rings. The molecule has 2 aliphatic rings. The summed E-state index contributed by atoms with van der Waals surface area (Å²) in [6.07, 6.45) is 3.58. The molecule has 4 aromatic rings. The summed E-state index contributed by atoms with van der Waals surface area (Å²) in [5.74, 6) is -1.12. The number of carbonyl (C=O) groups is 3. The number of hydrogen-bond acceptors (Lipinski definition) is 5. The summed E-state index contributed by atoms with van der Waals surface area (Å²) in [7, 11) is 0. The summed E-state index contributed by atoms with van der Waals surface area (Å²) in [6.45, 7) is 2.55. The van der Waals surface area contributed by atoms with Gasteiger partial charge in [0.2, 0.25) is 5.91 Å². The molecule has 1 aromatic heterocycles. The summed E-state index contributed by atoms with van der Waals surface area (Å²) in [5.41, 5.74) is 3.53. The van der Waals surface area contributed by atoms with Crippen molar-refractivity contribution in [3.05, 3.63) is 106 Å². The molecule has 7 nitrogen and oxygen atoms in total. The Bertz CT molecular complexity index is 1680. The zero-order valence-electron chi connectivity index (χ0n) is 22.0. The molecular formula is C31H26ClFN4O3S. The van der Waals surface area contributed by atoms with Gasteiger partial charge in [0.25, 0.3) is 11.1 Å². The number of imide groups is 1. The molecule has 0 spiro atoms. The van der Waals surface area contributed by atoms with Gasteiger partial charge in [-0.15, -0.1) is 0 Å². The number of amides is 3. The second kappa shape index (κ2) is 11.4. The maximum absolute atomic E-state index is 13.5. The minimum atomic E-state index is -0.477. The van der Waals surface area contributed by atoms with Crippen LogP contribution < -0.4 is 4.90 Å². The van der Waals surface area contributed by atoms with Gasteiger partial charge in [0.15, 0.2) is 0 Å². The number of para-hydroxylation sites is 2. The van der Waals surface area contributed by atoms with Crippen molar-refractivity contribution in [1.29, 1.82) is 0 Å². The van der Waals surface area contributed by atoms with Crippen LogP contribution in [-0.4, -0.2) is 64.1 Å². The van der Waals surface area contributed by atoms with Crippen LogP contribution in [0.25, 0.3) is 17.0 Å². The van der Waals surface area contributed by atoms with Crippen molar-refractivity contribution >= 4 is 63.1 Å². The van der Waals surface area contributed by atoms with Crippen molar-refractivity contribution in [3.8, 4) is 0 Å². The van der Waals surface area contributed by atoms with E-state index in [4.69, 9.17) is 11.6 Å². The highest BCUT2D eigenvalue weighted by Crippen LogP contribution is 2.34. The summed E-state index contributed by atoms with van der Waals surface area (Å²) >= 11 is 7.11. The molecular weight excluding hydrogens is 563 g/mol. The Kier molecular flexibility index (Phi) is 7.55. The molecule has 3 amide bonds. The molecule has 208 valence electrons. The third-order valence-electron chi connectivity index (χ3n) is 7.38. The van der Waals surface area contributed by atoms with Gasteiger partial charge >= 0.3 is 0 Å². The monoisotopic (exact) mass is 588 g/mol. The Morgan fingerprint density at radius 3 is 2.44 bits per heavy atom. The van der Waals surface area contributed by atoms with Crippen LogP contribution >= 0.6 is 23.4 Å². The van der Waals surface area contributed by atoms with Crippen molar-refractivity contribution in [3.63, 3.8) is 0 Å². The predicted molar refractivity (Wildman–Crippen MR) is 160 cm³/mol. The fourth-order valence-electron chi connectivity index (χ4n) is 5.22. The first-order chi connectivity index (χ1) is 19.9. The van der Waals surface area contributed by atoms with Crippen LogP contribution in [0.2, 0.25) is 5.02 Å². The summed E-state index contributed by atoms with van der Waals surface area (Å²) in [6, 6.07) is 22.0. The first-order valence-electron chi connectivity index (χ1n) is 13.2. The quantitative estimate of drug-likeness (QED) is 0.264. The van der Waals surface area contributed by atoms with Gasteiger partial charge in [-0.25, -0.2) is 4.39 Å². The van der Waals surface area contributed by atoms with Gasteiger partial charge in [0, 0.05) is 66.1 Å². The molecule has 3 aromatic carbocycles. The molecule has 10 heteroatoms. The second-order valence-electron chi connectivity index (χ2n) is 9.94. The van der Waals surface area contributed by atoms with E-state index in [1.54, 1.807) is 17.0 Å². The van der Waals surface area contributed by atoms with Gasteiger partial charge in [-0.1, -0.05) is 54.1 Å². The van der Waals surface area contributed by atoms with E-state index in [0.717, 1.165) is 44.4 Å². The maximum atomic E-state index is 13.5. The van der Waals surface area contributed by atoms with Crippen LogP contribution in [0.5, 0.6) is 0 Å². The van der Waals surface area contributed by atoms with E-state index in [9.17, 15) is 18.8 Å². The number of nitrogens with zero attached hydrogens (tertiary/aromatic N) is 4. The third-order valence-corrected chi connectivity index (χ3v) is 8.64. The average molecular weight is 589 g/mol. The van der Waals surface area contributed by atoms with Crippen molar-refractivity contribution in [2.45, 2.75) is 6.54 Å². The van der Waals surface area contributed by atoms with E-state index >= 15 is 0 Å². The Hall–Kier alpha value is -4.08. The third kappa shape index (κ3) is 5.60. The Labute approximate surface area is 245 Å². The molecule has 0 unspecified atom stereocenters. The van der Waals surface area contributed by atoms with E-state index in [1.807, 2.05) is 65.4 Å². The summed E-state index contributed by atoms with van der Waals surface area (Å²) in [5, 5.41) is 0.765. The van der Waals surface area contributed by atoms with E-state index in [1.165, 1.54) is 12.1 Å². The largest absolute Gasteiger partial charge is 0.368 e. The molecule has 0 bridgehead atoms. The van der Waals surface area contributed by atoms with Gasteiger partial charge in [0.1, 0.15) is 12.4 Å². The molecule has 0 radical (unpaired) electrons. The molecule has 0 N–H and O–H groups in total. The Morgan fingerprint density at radius 1 is 0.951 bits per heavy atom. The van der Waals surface area contributed by atoms with Crippen LogP contribution in [0, 0.1) is 5.82 Å². The standard InChI is InChI=1S/C31H26ClFN4O3S/c32-26-17-23(33)11-10-21(26)18-36-19-22(25-8-4-5-9-27(25)36)16-28-30(39)37(31(40)41-28)20-29(38)35-14-12-34(13-15-35)24-6-2-1-3-7-24/h1-11,16-17,19H,12-15,18,20H2/b28-16-. The topological polar surface area (TPSA) is 65.9 Å². The Balaban J connectivity index is 1.16. The lowest BCUT2D eigenvalue weighted by molar-refractivity contribution is -0.136. The highest BCUT2D eigenvalue weighted by atomic mass is 35.5. The fraction of sp³-hybridized carbons (Fsp3) is 0.194. The van der Waals surface area contributed by atoms with Crippen LogP contribution in [0.3, 0.4) is 0 Å². The SMILES string of the molecule is O=C(CN1C(=O)S/C(=C\c2cn(Cc3ccc(F)cc3Cl)c3ccccc23)C1=O)N1CCN(c2ccccc2)CC1. The molecule has 0 atom stereocenters. The molecule has 2 saturated heterocycles. The smallest absolute Gasteiger partial charge is 0.294 e. The number of halogens is 2. The fourth-order valence-corrected chi connectivity index (χ4v) is 6.28. The van der Waals surface area contributed by atoms with Gasteiger partial charge in [-0.3, -0.25) is 19.3 Å². The molecule has 6 rings (SSSR count). The number of piperazine rings is 1. The second-order valence-corrected chi connectivity index (χ2v) is 11.3. The first-order valence-corrected chi connectivity index (χ1v) is 14.4. The molecule has 3 heterocycles. The van der Waals surface area contributed by atoms with Crippen molar-refractivity contribution < 1.29 is 18.8 Å².